The van der Waals surface area contributed by atoms with E-state index in [1.165, 1.54) is 5.56 Å². The van der Waals surface area contributed by atoms with Gasteiger partial charge >= 0.3 is 0 Å². The van der Waals surface area contributed by atoms with Crippen molar-refractivity contribution < 1.29 is 24.1 Å². The molecule has 3 fully saturated rings. The minimum atomic E-state index is -0.477. The topological polar surface area (TPSA) is 77.0 Å². The van der Waals surface area contributed by atoms with E-state index in [1.54, 1.807) is 7.11 Å². The highest BCUT2D eigenvalue weighted by atomic mass is 16.7. The molecule has 37 heavy (non-hydrogen) atoms. The highest BCUT2D eigenvalue weighted by Crippen LogP contribution is 2.62. The van der Waals surface area contributed by atoms with Gasteiger partial charge in [-0.05, 0) is 54.6 Å². The number of hydrogen-bond donors (Lipinski definition) is 2. The van der Waals surface area contributed by atoms with E-state index in [9.17, 15) is 9.90 Å². The van der Waals surface area contributed by atoms with Crippen LogP contribution in [0.2, 0.25) is 0 Å². The maximum Gasteiger partial charge on any atom is 0.220 e. The summed E-state index contributed by atoms with van der Waals surface area (Å²) in [5.74, 6) is 0.973. The molecule has 0 radical (unpaired) electrons. The van der Waals surface area contributed by atoms with E-state index < -0.39 is 6.10 Å². The molecule has 1 amide bonds. The van der Waals surface area contributed by atoms with Crippen molar-refractivity contribution >= 4 is 5.91 Å². The minimum absolute atomic E-state index is 0.0248. The molecule has 5 rings (SSSR count). The first kappa shape index (κ1) is 26.2. The van der Waals surface area contributed by atoms with Gasteiger partial charge in [0.05, 0.1) is 25.9 Å². The number of ether oxygens (including phenoxy) is 3. The lowest BCUT2D eigenvalue weighted by molar-refractivity contribution is -0.308. The van der Waals surface area contributed by atoms with Gasteiger partial charge in [0.15, 0.2) is 6.29 Å². The fraction of sp³-hybridized carbons (Fsp3) is 0.581. The van der Waals surface area contributed by atoms with Crippen LogP contribution in [0.1, 0.15) is 57.1 Å². The number of para-hydroxylation sites is 1. The van der Waals surface area contributed by atoms with E-state index in [2.05, 4.69) is 31.3 Å². The number of aliphatic hydroxyl groups excluding tert-OH is 1. The molecule has 0 spiro atoms. The second-order valence-electron chi connectivity index (χ2n) is 11.7. The molecule has 0 aromatic heterocycles. The number of hydrogen-bond acceptors (Lipinski definition) is 5. The molecule has 7 atom stereocenters. The Morgan fingerprint density at radius 1 is 1.05 bits per heavy atom. The number of carbonyl (C=O) groups excluding carboxylic acids is 1. The van der Waals surface area contributed by atoms with Gasteiger partial charge in [-0.25, -0.2) is 0 Å². The number of fused-ring (bicyclic) bond motifs is 3. The predicted octanol–water partition coefficient (Wildman–Crippen LogP) is 4.88. The van der Waals surface area contributed by atoms with Crippen LogP contribution in [0, 0.1) is 22.7 Å². The smallest absolute Gasteiger partial charge is 0.220 e. The van der Waals surface area contributed by atoms with Crippen LogP contribution < -0.4 is 10.1 Å². The van der Waals surface area contributed by atoms with Crippen LogP contribution in [0.15, 0.2) is 54.6 Å². The first-order valence-electron chi connectivity index (χ1n) is 13.7. The fourth-order valence-corrected chi connectivity index (χ4v) is 7.51. The van der Waals surface area contributed by atoms with Crippen LogP contribution in [0.3, 0.4) is 0 Å². The molecule has 2 saturated carbocycles. The molecule has 6 nitrogen and oxygen atoms in total. The Bertz CT molecular complexity index is 1080. The van der Waals surface area contributed by atoms with E-state index in [4.69, 9.17) is 14.2 Å². The van der Waals surface area contributed by atoms with E-state index in [-0.39, 0.29) is 35.0 Å². The lowest BCUT2D eigenvalue weighted by Gasteiger charge is -2.63. The third kappa shape index (κ3) is 5.16. The van der Waals surface area contributed by atoms with Gasteiger partial charge in [-0.1, -0.05) is 62.4 Å². The van der Waals surface area contributed by atoms with Gasteiger partial charge in [-0.2, -0.15) is 0 Å². The van der Waals surface area contributed by atoms with Crippen molar-refractivity contribution in [1.29, 1.82) is 0 Å². The van der Waals surface area contributed by atoms with Crippen LogP contribution in [-0.2, 0) is 27.2 Å². The molecule has 2 aliphatic carbocycles. The molecule has 7 unspecified atom stereocenters. The summed E-state index contributed by atoms with van der Waals surface area (Å²) in [4.78, 5) is 13.1. The lowest BCUT2D eigenvalue weighted by Crippen LogP contribution is -2.63. The first-order chi connectivity index (χ1) is 17.8. The Hall–Kier alpha value is -2.41. The Balaban J connectivity index is 1.25. The quantitative estimate of drug-likeness (QED) is 0.559. The maximum atomic E-state index is 13.1. The summed E-state index contributed by atoms with van der Waals surface area (Å²) < 4.78 is 18.3. The van der Waals surface area contributed by atoms with Crippen LogP contribution in [0.4, 0.5) is 0 Å². The minimum Gasteiger partial charge on any atom is -0.496 e. The van der Waals surface area contributed by atoms with Crippen LogP contribution in [0.5, 0.6) is 5.75 Å². The summed E-state index contributed by atoms with van der Waals surface area (Å²) in [6.07, 6.45) is 4.00. The normalized spacial score (nSPS) is 35.2. The number of carbonyl (C=O) groups is 1. The summed E-state index contributed by atoms with van der Waals surface area (Å²) in [7, 11) is 1.64. The monoisotopic (exact) mass is 507 g/mol. The SMILES string of the molecule is COc1ccccc1CNC(=O)CC1C(O)CCC2C3(C)COC(Cc4ccccc4)OC3CCC12C. The zero-order valence-corrected chi connectivity index (χ0v) is 22.3. The van der Waals surface area contributed by atoms with Crippen molar-refractivity contribution in [2.24, 2.45) is 22.7 Å². The second kappa shape index (κ2) is 10.8. The summed E-state index contributed by atoms with van der Waals surface area (Å²) in [5.41, 5.74) is 1.88. The molecule has 6 heteroatoms. The third-order valence-electron chi connectivity index (χ3n) is 9.55. The molecule has 1 saturated heterocycles. The summed E-state index contributed by atoms with van der Waals surface area (Å²) in [6.45, 7) is 5.65. The summed E-state index contributed by atoms with van der Waals surface area (Å²) >= 11 is 0. The predicted molar refractivity (Wildman–Crippen MR) is 142 cm³/mol. The number of amides is 1. The molecule has 3 aliphatic rings. The van der Waals surface area contributed by atoms with Crippen LogP contribution in [-0.4, -0.2) is 43.2 Å². The first-order valence-corrected chi connectivity index (χ1v) is 13.7. The van der Waals surface area contributed by atoms with Gasteiger partial charge in [0.2, 0.25) is 5.91 Å². The third-order valence-corrected chi connectivity index (χ3v) is 9.55. The zero-order valence-electron chi connectivity index (χ0n) is 22.3. The number of methoxy groups -OCH3 is 1. The standard InChI is InChI=1S/C31H41NO5/c1-30-16-15-27-31(2,20-36-29(37-27)17-21-9-5-4-6-10-21)26(30)14-13-24(33)23(30)18-28(34)32-19-22-11-7-8-12-25(22)35-3/h4-12,23-24,26-27,29,33H,13-20H2,1-3H3,(H,32,34). The van der Waals surface area contributed by atoms with Crippen molar-refractivity contribution in [2.75, 3.05) is 13.7 Å². The van der Waals surface area contributed by atoms with Gasteiger partial charge in [-0.3, -0.25) is 4.79 Å². The molecule has 1 heterocycles. The van der Waals surface area contributed by atoms with E-state index in [0.29, 0.717) is 31.9 Å². The Morgan fingerprint density at radius 2 is 1.81 bits per heavy atom. The van der Waals surface area contributed by atoms with Crippen molar-refractivity contribution in [3.05, 3.63) is 65.7 Å². The van der Waals surface area contributed by atoms with Gasteiger partial charge in [-0.15, -0.1) is 0 Å². The molecule has 2 N–H and O–H groups in total. The molecule has 2 aromatic carbocycles. The second-order valence-corrected chi connectivity index (χ2v) is 11.7. The van der Waals surface area contributed by atoms with Crippen molar-refractivity contribution in [1.82, 2.24) is 5.32 Å². The molecular weight excluding hydrogens is 466 g/mol. The van der Waals surface area contributed by atoms with Crippen LogP contribution >= 0.6 is 0 Å². The average Bonchev–Trinajstić information content (AvgIpc) is 2.90. The number of aliphatic hydroxyl groups is 1. The number of nitrogens with one attached hydrogen (secondary N) is 1. The van der Waals surface area contributed by atoms with Gasteiger partial charge in [0, 0.05) is 30.4 Å². The van der Waals surface area contributed by atoms with Gasteiger partial charge < -0.3 is 24.6 Å². The summed E-state index contributed by atoms with van der Waals surface area (Å²) in [5, 5.41) is 14.2. The van der Waals surface area contributed by atoms with Crippen molar-refractivity contribution in [3.8, 4) is 5.75 Å². The van der Waals surface area contributed by atoms with Crippen molar-refractivity contribution in [2.45, 2.75) is 77.4 Å². The summed E-state index contributed by atoms with van der Waals surface area (Å²) in [6, 6.07) is 18.1. The molecule has 0 bridgehead atoms. The van der Waals surface area contributed by atoms with Gasteiger partial charge in [0.25, 0.3) is 0 Å². The number of rotatable bonds is 7. The molecular formula is C31H41NO5. The molecule has 1 aliphatic heterocycles. The van der Waals surface area contributed by atoms with E-state index >= 15 is 0 Å². The fourth-order valence-electron chi connectivity index (χ4n) is 7.51. The highest BCUT2D eigenvalue weighted by molar-refractivity contribution is 5.76. The Kier molecular flexibility index (Phi) is 7.62. The Labute approximate surface area is 220 Å². The maximum absolute atomic E-state index is 13.1. The van der Waals surface area contributed by atoms with E-state index in [1.807, 2.05) is 42.5 Å². The Morgan fingerprint density at radius 3 is 2.59 bits per heavy atom. The largest absolute Gasteiger partial charge is 0.496 e. The molecule has 2 aromatic rings. The number of benzene rings is 2. The van der Waals surface area contributed by atoms with Gasteiger partial charge in [0.1, 0.15) is 5.75 Å². The van der Waals surface area contributed by atoms with Crippen molar-refractivity contribution in [3.63, 3.8) is 0 Å². The van der Waals surface area contributed by atoms with Crippen LogP contribution in [0.25, 0.3) is 0 Å². The average molecular weight is 508 g/mol. The van der Waals surface area contributed by atoms with E-state index in [0.717, 1.165) is 37.0 Å². The lowest BCUT2D eigenvalue weighted by atomic mass is 9.46. The highest BCUT2D eigenvalue weighted by Gasteiger charge is 2.61. The zero-order chi connectivity index (χ0) is 26.0. The molecule has 200 valence electrons.